The molecule has 0 bridgehead atoms. The fourth-order valence-corrected chi connectivity index (χ4v) is 2.61. The predicted molar refractivity (Wildman–Crippen MR) is 65.1 cm³/mol. The summed E-state index contributed by atoms with van der Waals surface area (Å²) in [6.45, 7) is 1.87. The molecule has 0 amide bonds. The zero-order valence-corrected chi connectivity index (χ0v) is 10.9. The lowest BCUT2D eigenvalue weighted by atomic mass is 9.88. The maximum absolute atomic E-state index is 11.7. The summed E-state index contributed by atoms with van der Waals surface area (Å²) in [4.78, 5) is 22.5. The third-order valence-corrected chi connectivity index (χ3v) is 3.62. The maximum Gasteiger partial charge on any atom is 0.302 e. The number of carbonyl (C=O) groups excluding carboxylic acids is 2. The summed E-state index contributed by atoms with van der Waals surface area (Å²) in [6, 6.07) is 0. The van der Waals surface area contributed by atoms with Crippen LogP contribution >= 0.6 is 22.6 Å². The third-order valence-electron chi connectivity index (χ3n) is 2.82. The first-order valence-corrected chi connectivity index (χ1v) is 6.13. The average Bonchev–Trinajstić information content (AvgIpc) is 2.75. The SMILES string of the molecule is CC(=O)OC[C@@]12C=CC(=O)[C@@H]1/C(=C/I)CO2. The van der Waals surface area contributed by atoms with Gasteiger partial charge in [0.15, 0.2) is 5.78 Å². The van der Waals surface area contributed by atoms with Crippen LogP contribution < -0.4 is 0 Å². The summed E-state index contributed by atoms with van der Waals surface area (Å²) in [6.07, 6.45) is 3.21. The highest BCUT2D eigenvalue weighted by Gasteiger charge is 2.52. The van der Waals surface area contributed by atoms with Crippen LogP contribution in [-0.2, 0) is 19.1 Å². The molecule has 1 heterocycles. The van der Waals surface area contributed by atoms with E-state index in [9.17, 15) is 9.59 Å². The first kappa shape index (κ1) is 11.8. The van der Waals surface area contributed by atoms with Gasteiger partial charge in [-0.15, -0.1) is 0 Å². The molecule has 0 radical (unpaired) electrons. The van der Waals surface area contributed by atoms with E-state index in [1.54, 1.807) is 6.08 Å². The number of ether oxygens (including phenoxy) is 2. The maximum atomic E-state index is 11.7. The monoisotopic (exact) mass is 334 g/mol. The zero-order valence-electron chi connectivity index (χ0n) is 8.73. The van der Waals surface area contributed by atoms with Gasteiger partial charge in [-0.1, -0.05) is 22.6 Å². The van der Waals surface area contributed by atoms with Crippen LogP contribution in [0.25, 0.3) is 0 Å². The van der Waals surface area contributed by atoms with Gasteiger partial charge in [-0.25, -0.2) is 0 Å². The van der Waals surface area contributed by atoms with E-state index in [0.29, 0.717) is 6.61 Å². The summed E-state index contributed by atoms with van der Waals surface area (Å²) in [5, 5.41) is 0. The van der Waals surface area contributed by atoms with Gasteiger partial charge in [0.1, 0.15) is 12.2 Å². The van der Waals surface area contributed by atoms with Crippen molar-refractivity contribution < 1.29 is 19.1 Å². The molecular formula is C11H11IO4. The molecule has 0 unspecified atom stereocenters. The fourth-order valence-electron chi connectivity index (χ4n) is 2.07. The van der Waals surface area contributed by atoms with Crippen molar-refractivity contribution in [2.24, 2.45) is 5.92 Å². The van der Waals surface area contributed by atoms with E-state index >= 15 is 0 Å². The van der Waals surface area contributed by atoms with Crippen LogP contribution in [0.5, 0.6) is 0 Å². The normalized spacial score (nSPS) is 34.5. The number of allylic oxidation sites excluding steroid dienone is 1. The van der Waals surface area contributed by atoms with Crippen LogP contribution in [0, 0.1) is 5.92 Å². The smallest absolute Gasteiger partial charge is 0.302 e. The van der Waals surface area contributed by atoms with Crippen LogP contribution in [0.1, 0.15) is 6.92 Å². The van der Waals surface area contributed by atoms with Gasteiger partial charge in [-0.05, 0) is 21.8 Å². The number of hydrogen-bond donors (Lipinski definition) is 0. The molecule has 1 fully saturated rings. The molecule has 0 aromatic carbocycles. The molecule has 1 aliphatic heterocycles. The molecule has 2 rings (SSSR count). The Balaban J connectivity index is 2.23. The van der Waals surface area contributed by atoms with E-state index in [2.05, 4.69) is 22.6 Å². The van der Waals surface area contributed by atoms with Crippen molar-refractivity contribution >= 4 is 34.3 Å². The molecule has 16 heavy (non-hydrogen) atoms. The summed E-state index contributed by atoms with van der Waals surface area (Å²) in [7, 11) is 0. The molecule has 5 heteroatoms. The van der Waals surface area contributed by atoms with Crippen LogP contribution in [-0.4, -0.2) is 30.6 Å². The molecular weight excluding hydrogens is 323 g/mol. The minimum Gasteiger partial charge on any atom is -0.462 e. The van der Waals surface area contributed by atoms with Gasteiger partial charge >= 0.3 is 5.97 Å². The molecule has 4 nitrogen and oxygen atoms in total. The summed E-state index contributed by atoms with van der Waals surface area (Å²) in [5.74, 6) is -0.660. The minimum atomic E-state index is -0.764. The molecule has 0 N–H and O–H groups in total. The first-order valence-electron chi connectivity index (χ1n) is 4.88. The van der Waals surface area contributed by atoms with Gasteiger partial charge in [0.25, 0.3) is 0 Å². The van der Waals surface area contributed by atoms with Crippen molar-refractivity contribution in [2.75, 3.05) is 13.2 Å². The summed E-state index contributed by atoms with van der Waals surface area (Å²) in [5.41, 5.74) is 0.183. The number of halogens is 1. The average molecular weight is 334 g/mol. The molecule has 86 valence electrons. The summed E-state index contributed by atoms with van der Waals surface area (Å²) < 4.78 is 12.5. The number of esters is 1. The van der Waals surface area contributed by atoms with Crippen LogP contribution in [0.15, 0.2) is 21.8 Å². The molecule has 2 atom stereocenters. The Morgan fingerprint density at radius 1 is 1.81 bits per heavy atom. The first-order chi connectivity index (χ1) is 7.59. The number of fused-ring (bicyclic) bond motifs is 1. The van der Waals surface area contributed by atoms with E-state index in [1.165, 1.54) is 13.0 Å². The van der Waals surface area contributed by atoms with Crippen LogP contribution in [0.4, 0.5) is 0 Å². The van der Waals surface area contributed by atoms with Crippen molar-refractivity contribution in [3.8, 4) is 0 Å². The molecule has 0 aromatic heterocycles. The Morgan fingerprint density at radius 2 is 2.56 bits per heavy atom. The van der Waals surface area contributed by atoms with E-state index in [1.807, 2.05) is 4.08 Å². The minimum absolute atomic E-state index is 0.0209. The molecule has 2 aliphatic rings. The van der Waals surface area contributed by atoms with Crippen LogP contribution in [0.2, 0.25) is 0 Å². The third kappa shape index (κ3) is 1.82. The standard InChI is InChI=1S/C11H11IO4/c1-7(13)15-6-11-3-2-9(14)10(11)8(4-12)5-16-11/h2-4,10H,5-6H2,1H3/b8-4+/t10-,11-/m0/s1. The highest BCUT2D eigenvalue weighted by atomic mass is 127. The van der Waals surface area contributed by atoms with Crippen molar-refractivity contribution in [1.82, 2.24) is 0 Å². The second kappa shape index (κ2) is 4.29. The number of carbonyl (C=O) groups is 2. The van der Waals surface area contributed by atoms with Crippen LogP contribution in [0.3, 0.4) is 0 Å². The van der Waals surface area contributed by atoms with Crippen molar-refractivity contribution in [1.29, 1.82) is 0 Å². The van der Waals surface area contributed by atoms with E-state index < -0.39 is 5.60 Å². The highest BCUT2D eigenvalue weighted by molar-refractivity contribution is 14.1. The molecule has 1 saturated heterocycles. The lowest BCUT2D eigenvalue weighted by molar-refractivity contribution is -0.149. The molecule has 1 aliphatic carbocycles. The Morgan fingerprint density at radius 3 is 3.19 bits per heavy atom. The van der Waals surface area contributed by atoms with Gasteiger partial charge in [0.2, 0.25) is 0 Å². The van der Waals surface area contributed by atoms with Gasteiger partial charge < -0.3 is 9.47 Å². The van der Waals surface area contributed by atoms with E-state index in [4.69, 9.17) is 9.47 Å². The van der Waals surface area contributed by atoms with Crippen molar-refractivity contribution in [3.63, 3.8) is 0 Å². The van der Waals surface area contributed by atoms with Gasteiger partial charge in [0.05, 0.1) is 12.5 Å². The second-order valence-corrected chi connectivity index (χ2v) is 4.50. The number of ketones is 1. The molecule has 0 spiro atoms. The zero-order chi connectivity index (χ0) is 11.8. The Hall–Kier alpha value is -0.690. The Kier molecular flexibility index (Phi) is 3.16. The topological polar surface area (TPSA) is 52.6 Å². The van der Waals surface area contributed by atoms with E-state index in [0.717, 1.165) is 5.57 Å². The van der Waals surface area contributed by atoms with Gasteiger partial charge in [-0.2, -0.15) is 0 Å². The van der Waals surface area contributed by atoms with Gasteiger partial charge in [-0.3, -0.25) is 9.59 Å². The highest BCUT2D eigenvalue weighted by Crippen LogP contribution is 2.42. The Bertz CT molecular complexity index is 399. The largest absolute Gasteiger partial charge is 0.462 e. The van der Waals surface area contributed by atoms with Crippen molar-refractivity contribution in [3.05, 3.63) is 21.8 Å². The molecule has 0 aromatic rings. The lowest BCUT2D eigenvalue weighted by Gasteiger charge is -2.25. The second-order valence-electron chi connectivity index (χ2n) is 3.88. The summed E-state index contributed by atoms with van der Waals surface area (Å²) >= 11 is 2.09. The quantitative estimate of drug-likeness (QED) is 0.566. The fraction of sp³-hybridized carbons (Fsp3) is 0.455. The predicted octanol–water partition coefficient (Wildman–Crippen LogP) is 1.39. The van der Waals surface area contributed by atoms with Crippen molar-refractivity contribution in [2.45, 2.75) is 12.5 Å². The lowest BCUT2D eigenvalue weighted by Crippen LogP contribution is -2.38. The number of hydrogen-bond acceptors (Lipinski definition) is 4. The Labute approximate surface area is 107 Å². The number of rotatable bonds is 2. The van der Waals surface area contributed by atoms with Gasteiger partial charge in [0, 0.05) is 6.92 Å². The molecule has 0 saturated carbocycles. The van der Waals surface area contributed by atoms with E-state index in [-0.39, 0.29) is 24.3 Å².